The molecule has 0 heterocycles. The van der Waals surface area contributed by atoms with Gasteiger partial charge < -0.3 is 15.4 Å². The van der Waals surface area contributed by atoms with Crippen molar-refractivity contribution in [1.29, 1.82) is 0 Å². The fourth-order valence-electron chi connectivity index (χ4n) is 1.78. The van der Waals surface area contributed by atoms with Crippen LogP contribution in [0.3, 0.4) is 0 Å². The van der Waals surface area contributed by atoms with Crippen molar-refractivity contribution in [3.05, 3.63) is 53.8 Å². The third-order valence-corrected chi connectivity index (χ3v) is 2.99. The van der Waals surface area contributed by atoms with E-state index >= 15 is 0 Å². The van der Waals surface area contributed by atoms with Gasteiger partial charge in [0.1, 0.15) is 11.6 Å². The summed E-state index contributed by atoms with van der Waals surface area (Å²) in [5, 5.41) is 5.62. The van der Waals surface area contributed by atoms with E-state index in [1.807, 2.05) is 19.2 Å². The Hall–Kier alpha value is -2.56. The van der Waals surface area contributed by atoms with E-state index < -0.39 is 0 Å². The van der Waals surface area contributed by atoms with Crippen LogP contribution in [0.15, 0.2) is 42.5 Å². The van der Waals surface area contributed by atoms with Crippen LogP contribution < -0.4 is 15.4 Å². The van der Waals surface area contributed by atoms with Crippen LogP contribution in [0.4, 0.5) is 15.8 Å². The fraction of sp³-hybridized carbons (Fsp3) is 0.188. The molecule has 2 aromatic rings. The van der Waals surface area contributed by atoms with Gasteiger partial charge in [0.05, 0.1) is 0 Å². The van der Waals surface area contributed by atoms with Gasteiger partial charge >= 0.3 is 0 Å². The number of hydrogen-bond donors (Lipinski definition) is 2. The van der Waals surface area contributed by atoms with Gasteiger partial charge in [0.15, 0.2) is 6.61 Å². The first-order chi connectivity index (χ1) is 10.1. The first-order valence-corrected chi connectivity index (χ1v) is 6.55. The normalized spacial score (nSPS) is 10.0. The Morgan fingerprint density at radius 2 is 1.90 bits per heavy atom. The molecule has 0 atom stereocenters. The van der Waals surface area contributed by atoms with Gasteiger partial charge in [-0.2, -0.15) is 0 Å². The molecule has 5 heteroatoms. The summed E-state index contributed by atoms with van der Waals surface area (Å²) in [6, 6.07) is 11.5. The number of anilines is 2. The topological polar surface area (TPSA) is 50.4 Å². The zero-order valence-electron chi connectivity index (χ0n) is 11.9. The lowest BCUT2D eigenvalue weighted by atomic mass is 10.2. The lowest BCUT2D eigenvalue weighted by Gasteiger charge is -2.10. The Labute approximate surface area is 122 Å². The molecule has 0 fully saturated rings. The number of hydrogen-bond acceptors (Lipinski definition) is 3. The molecule has 0 saturated heterocycles. The SMILES string of the molecule is CNc1ccc(OCC(=O)Nc2cc(F)ccc2C)cc1. The molecule has 21 heavy (non-hydrogen) atoms. The average molecular weight is 288 g/mol. The summed E-state index contributed by atoms with van der Waals surface area (Å²) < 4.78 is 18.5. The van der Waals surface area contributed by atoms with Gasteiger partial charge in [0, 0.05) is 18.4 Å². The molecular formula is C16H17FN2O2. The van der Waals surface area contributed by atoms with E-state index in [2.05, 4.69) is 10.6 Å². The summed E-state index contributed by atoms with van der Waals surface area (Å²) in [5.41, 5.74) is 2.21. The molecular weight excluding hydrogens is 271 g/mol. The minimum atomic E-state index is -0.389. The summed E-state index contributed by atoms with van der Waals surface area (Å²) in [4.78, 5) is 11.8. The van der Waals surface area contributed by atoms with Crippen molar-refractivity contribution in [2.75, 3.05) is 24.3 Å². The Morgan fingerprint density at radius 1 is 1.19 bits per heavy atom. The van der Waals surface area contributed by atoms with E-state index in [-0.39, 0.29) is 18.3 Å². The number of nitrogens with one attached hydrogen (secondary N) is 2. The van der Waals surface area contributed by atoms with E-state index in [0.717, 1.165) is 11.3 Å². The molecule has 0 bridgehead atoms. The summed E-state index contributed by atoms with van der Waals surface area (Å²) in [6.45, 7) is 1.67. The first kappa shape index (κ1) is 14.8. The standard InChI is InChI=1S/C16H17FN2O2/c1-11-3-4-12(17)9-15(11)19-16(20)10-21-14-7-5-13(18-2)6-8-14/h3-9,18H,10H2,1-2H3,(H,19,20). The maximum Gasteiger partial charge on any atom is 0.262 e. The highest BCUT2D eigenvalue weighted by atomic mass is 19.1. The molecule has 2 rings (SSSR count). The van der Waals surface area contributed by atoms with E-state index in [0.29, 0.717) is 11.4 Å². The highest BCUT2D eigenvalue weighted by molar-refractivity contribution is 5.92. The van der Waals surface area contributed by atoms with Crippen molar-refractivity contribution < 1.29 is 13.9 Å². The number of benzene rings is 2. The zero-order chi connectivity index (χ0) is 15.2. The Morgan fingerprint density at radius 3 is 2.57 bits per heavy atom. The van der Waals surface area contributed by atoms with Gasteiger partial charge in [-0.1, -0.05) is 6.07 Å². The molecule has 0 aliphatic heterocycles. The summed E-state index contributed by atoms with van der Waals surface area (Å²) in [5.74, 6) is -0.124. The maximum absolute atomic E-state index is 13.1. The highest BCUT2D eigenvalue weighted by Gasteiger charge is 2.07. The van der Waals surface area contributed by atoms with E-state index in [9.17, 15) is 9.18 Å². The third kappa shape index (κ3) is 4.21. The molecule has 4 nitrogen and oxygen atoms in total. The number of halogens is 1. The number of rotatable bonds is 5. The molecule has 0 radical (unpaired) electrons. The lowest BCUT2D eigenvalue weighted by molar-refractivity contribution is -0.118. The van der Waals surface area contributed by atoms with E-state index in [1.165, 1.54) is 12.1 Å². The lowest BCUT2D eigenvalue weighted by Crippen LogP contribution is -2.20. The van der Waals surface area contributed by atoms with E-state index in [1.54, 1.807) is 25.1 Å². The first-order valence-electron chi connectivity index (χ1n) is 6.55. The van der Waals surface area contributed by atoms with Crippen molar-refractivity contribution in [3.63, 3.8) is 0 Å². The second-order valence-electron chi connectivity index (χ2n) is 4.57. The Kier molecular flexibility index (Phi) is 4.77. The fourth-order valence-corrected chi connectivity index (χ4v) is 1.78. The molecule has 0 aliphatic carbocycles. The second kappa shape index (κ2) is 6.74. The number of carbonyl (C=O) groups is 1. The predicted octanol–water partition coefficient (Wildman–Crippen LogP) is 3.19. The number of carbonyl (C=O) groups excluding carboxylic acids is 1. The number of aryl methyl sites for hydroxylation is 1. The third-order valence-electron chi connectivity index (χ3n) is 2.99. The molecule has 2 N–H and O–H groups in total. The van der Waals surface area contributed by atoms with Crippen molar-refractivity contribution in [1.82, 2.24) is 0 Å². The largest absolute Gasteiger partial charge is 0.484 e. The van der Waals surface area contributed by atoms with Gasteiger partial charge in [-0.3, -0.25) is 4.79 Å². The van der Waals surface area contributed by atoms with Gasteiger partial charge in [-0.05, 0) is 48.9 Å². The Balaban J connectivity index is 1.91. The number of amides is 1. The van der Waals surface area contributed by atoms with Crippen LogP contribution >= 0.6 is 0 Å². The Bertz CT molecular complexity index is 627. The molecule has 1 amide bonds. The molecule has 0 aromatic heterocycles. The average Bonchev–Trinajstić information content (AvgIpc) is 2.49. The van der Waals surface area contributed by atoms with Crippen molar-refractivity contribution in [2.45, 2.75) is 6.92 Å². The highest BCUT2D eigenvalue weighted by Crippen LogP contribution is 2.17. The summed E-state index contributed by atoms with van der Waals surface area (Å²) in [6.07, 6.45) is 0. The number of ether oxygens (including phenoxy) is 1. The van der Waals surface area contributed by atoms with Crippen LogP contribution in [0.25, 0.3) is 0 Å². The molecule has 2 aromatic carbocycles. The van der Waals surface area contributed by atoms with Gasteiger partial charge in [0.25, 0.3) is 5.91 Å². The maximum atomic E-state index is 13.1. The minimum absolute atomic E-state index is 0.130. The van der Waals surface area contributed by atoms with Gasteiger partial charge in [-0.15, -0.1) is 0 Å². The summed E-state index contributed by atoms with van der Waals surface area (Å²) in [7, 11) is 1.82. The molecule has 0 spiro atoms. The quantitative estimate of drug-likeness (QED) is 0.888. The van der Waals surface area contributed by atoms with Crippen molar-refractivity contribution in [3.8, 4) is 5.75 Å². The van der Waals surface area contributed by atoms with E-state index in [4.69, 9.17) is 4.74 Å². The molecule has 0 unspecified atom stereocenters. The van der Waals surface area contributed by atoms with Gasteiger partial charge in [-0.25, -0.2) is 4.39 Å². The van der Waals surface area contributed by atoms with Crippen LogP contribution in [-0.2, 0) is 4.79 Å². The smallest absolute Gasteiger partial charge is 0.262 e. The second-order valence-corrected chi connectivity index (χ2v) is 4.57. The van der Waals surface area contributed by atoms with Crippen LogP contribution in [0, 0.1) is 12.7 Å². The van der Waals surface area contributed by atoms with Crippen LogP contribution in [0.5, 0.6) is 5.75 Å². The van der Waals surface area contributed by atoms with Crippen LogP contribution in [-0.4, -0.2) is 19.6 Å². The van der Waals surface area contributed by atoms with Crippen LogP contribution in [0.2, 0.25) is 0 Å². The van der Waals surface area contributed by atoms with Gasteiger partial charge in [0.2, 0.25) is 0 Å². The molecule has 0 aliphatic rings. The monoisotopic (exact) mass is 288 g/mol. The zero-order valence-corrected chi connectivity index (χ0v) is 11.9. The summed E-state index contributed by atoms with van der Waals surface area (Å²) >= 11 is 0. The predicted molar refractivity (Wildman–Crippen MR) is 81.3 cm³/mol. The molecule has 110 valence electrons. The minimum Gasteiger partial charge on any atom is -0.484 e. The van der Waals surface area contributed by atoms with Crippen LogP contribution in [0.1, 0.15) is 5.56 Å². The van der Waals surface area contributed by atoms with Crippen molar-refractivity contribution >= 4 is 17.3 Å². The molecule has 0 saturated carbocycles. The van der Waals surface area contributed by atoms with Crippen molar-refractivity contribution in [2.24, 2.45) is 0 Å².